The van der Waals surface area contributed by atoms with Crippen molar-refractivity contribution in [1.82, 2.24) is 95.0 Å². The van der Waals surface area contributed by atoms with E-state index in [0.29, 0.717) is 194 Å². The van der Waals surface area contributed by atoms with Gasteiger partial charge in [0, 0.05) is 148 Å². The Hall–Kier alpha value is -12.5. The highest BCUT2D eigenvalue weighted by molar-refractivity contribution is 6.34. The Labute approximate surface area is 678 Å². The van der Waals surface area contributed by atoms with Crippen molar-refractivity contribution >= 4 is 141 Å². The summed E-state index contributed by atoms with van der Waals surface area (Å²) in [7, 11) is 1.76. The number of amides is 4. The van der Waals surface area contributed by atoms with Crippen molar-refractivity contribution in [3.8, 4) is 52.9 Å². The number of aromatic nitrogens is 15. The van der Waals surface area contributed by atoms with Crippen LogP contribution in [0.25, 0.3) is 65.4 Å². The number of nitrogens with zero attached hydrogens (tertiary/aromatic N) is 19. The molecular formula is C78H74Cl3F3N22O11. The van der Waals surface area contributed by atoms with Crippen molar-refractivity contribution in [3.05, 3.63) is 144 Å². The normalized spacial score (nSPS) is 17.2. The third-order valence-corrected chi connectivity index (χ3v) is 21.9. The monoisotopic (exact) mass is 1660 g/mol. The van der Waals surface area contributed by atoms with Crippen LogP contribution in [-0.2, 0) is 23.9 Å². The number of halogens is 6. The van der Waals surface area contributed by atoms with Gasteiger partial charge < -0.3 is 67.5 Å². The van der Waals surface area contributed by atoms with Crippen LogP contribution >= 0.6 is 34.8 Å². The van der Waals surface area contributed by atoms with E-state index in [0.717, 1.165) is 25.7 Å². The molecule has 12 aromatic rings. The van der Waals surface area contributed by atoms with E-state index in [1.54, 1.807) is 63.4 Å². The number of H-pyrrole nitrogens is 3. The number of carbonyl (C=O) groups excluding carboxylic acids is 4. The molecule has 1 saturated carbocycles. The van der Waals surface area contributed by atoms with Crippen LogP contribution in [0.4, 0.5) is 30.6 Å². The van der Waals surface area contributed by atoms with E-state index in [4.69, 9.17) is 82.9 Å². The molecule has 6 aliphatic rings. The zero-order chi connectivity index (χ0) is 81.1. The van der Waals surface area contributed by atoms with E-state index >= 15 is 0 Å². The molecule has 4 amide bonds. The predicted octanol–water partition coefficient (Wildman–Crippen LogP) is 11.3. The predicted molar refractivity (Wildman–Crippen MR) is 426 cm³/mol. The Bertz CT molecular complexity index is 5620. The first kappa shape index (κ1) is 78.4. The Balaban J connectivity index is 0.000000132. The summed E-state index contributed by atoms with van der Waals surface area (Å²) in [4.78, 5) is 103. The molecule has 3 N–H and O–H groups in total. The maximum absolute atomic E-state index is 14.6. The van der Waals surface area contributed by atoms with Gasteiger partial charge in [-0.05, 0) is 62.1 Å². The first-order valence-electron chi connectivity index (χ1n) is 37.6. The largest absolute Gasteiger partial charge is 0.463 e. The number of carbonyl (C=O) groups is 4. The lowest BCUT2D eigenvalue weighted by molar-refractivity contribution is -0.127. The second-order valence-electron chi connectivity index (χ2n) is 28.2. The Morgan fingerprint density at radius 3 is 1.23 bits per heavy atom. The van der Waals surface area contributed by atoms with Crippen LogP contribution in [0.2, 0.25) is 15.1 Å². The summed E-state index contributed by atoms with van der Waals surface area (Å²) in [5.41, 5.74) is 2.38. The van der Waals surface area contributed by atoms with Crippen molar-refractivity contribution in [1.29, 1.82) is 0 Å². The number of hydrogen-bond donors (Lipinski definition) is 3. The number of rotatable bonds is 19. The van der Waals surface area contributed by atoms with Gasteiger partial charge in [-0.3, -0.25) is 34.5 Å². The molecular weight excluding hydrogens is 1580 g/mol. The fourth-order valence-corrected chi connectivity index (χ4v) is 15.3. The van der Waals surface area contributed by atoms with Crippen molar-refractivity contribution in [2.24, 2.45) is 5.92 Å². The van der Waals surface area contributed by atoms with Crippen LogP contribution in [0.3, 0.4) is 0 Å². The summed E-state index contributed by atoms with van der Waals surface area (Å²) in [5, 5.41) is 22.9. The summed E-state index contributed by atoms with van der Waals surface area (Å²) in [5.74, 6) is 0.0760. The average Bonchev–Trinajstić information content (AvgIpc) is 1.56. The molecule has 0 spiro atoms. The number of piperazine rings is 3. The molecule has 9 aromatic heterocycles. The maximum atomic E-state index is 14.6. The summed E-state index contributed by atoms with van der Waals surface area (Å²) in [6.45, 7) is 18.9. The number of nitrogens with one attached hydrogen (secondary N) is 3. The molecule has 18 rings (SSSR count). The highest BCUT2D eigenvalue weighted by atomic mass is 35.5. The summed E-state index contributed by atoms with van der Waals surface area (Å²) >= 11 is 18.9. The van der Waals surface area contributed by atoms with Crippen LogP contribution in [-0.4, -0.2) is 243 Å². The number of likely N-dealkylation sites (tertiary alicyclic amines) is 1. The molecule has 5 aliphatic heterocycles. The second-order valence-corrected chi connectivity index (χ2v) is 29.3. The highest BCUT2D eigenvalue weighted by Gasteiger charge is 2.34. The summed E-state index contributed by atoms with van der Waals surface area (Å²) in [6, 6.07) is 9.54. The van der Waals surface area contributed by atoms with Gasteiger partial charge in [-0.15, -0.1) is 0 Å². The van der Waals surface area contributed by atoms with Gasteiger partial charge in [0.25, 0.3) is 0 Å². The molecule has 39 heteroatoms. The lowest BCUT2D eigenvalue weighted by Gasteiger charge is -2.35. The molecule has 604 valence electrons. The van der Waals surface area contributed by atoms with Crippen LogP contribution in [0.1, 0.15) is 38.5 Å². The minimum atomic E-state index is -0.680. The highest BCUT2D eigenvalue weighted by Crippen LogP contribution is 2.45. The number of aromatic amines is 3. The first-order chi connectivity index (χ1) is 56.8. The van der Waals surface area contributed by atoms with Gasteiger partial charge >= 0.3 is 18.0 Å². The quantitative estimate of drug-likeness (QED) is 0.0633. The fraction of sp³-hybridized carbons (Fsp3) is 0.333. The summed E-state index contributed by atoms with van der Waals surface area (Å²) in [6.07, 6.45) is 18.1. The molecule has 0 radical (unpaired) electrons. The second kappa shape index (κ2) is 34.1. The molecule has 14 heterocycles. The maximum Gasteiger partial charge on any atom is 0.319 e. The van der Waals surface area contributed by atoms with Crippen molar-refractivity contribution in [2.75, 3.05) is 127 Å². The van der Waals surface area contributed by atoms with Gasteiger partial charge in [0.15, 0.2) is 17.2 Å². The standard InChI is InChI=1S/C27H26ClFN8O4.C26H25ClFN7O3.C25H23ClFN7O4/c1-3-20(38)36-6-8-37(9-7-36)25-16-4-5-30-26(41-24-17-12-31-34-19(17)11-18(29)22(24)28)23(16)32-27(33-25)40-14-15-10-21(39)35(2)13-15;1-2-20(36)34-9-11-35(12-10-34)24-16-7-8-29-25(22(16)31-26(32-24)37-15-5-3-4-6-15)38-23-17-14-30-33-19(17)13-18(28)21(23)27;1-2-19(35)33-6-8-34(9-7-33)23-15-3-5-28-24(21(15)30-25(31-23)37-14-4-10-36-13-14)38-22-16-12-29-32-18(16)11-17(27)20(22)26/h3-5,11-12,15H,1,6-10,13-14H2,2H3,(H,31,34);2,7-8,13-15H,1,3-6,9-12H2,(H,30,33);2-3,5,11-12,14H,1,4,6-10,13H2,(H,29,32)/t;;14-/m..0/s1. The zero-order valence-electron chi connectivity index (χ0n) is 62.8. The molecule has 1 aliphatic carbocycles. The van der Waals surface area contributed by atoms with Gasteiger partial charge in [-0.1, -0.05) is 54.5 Å². The zero-order valence-corrected chi connectivity index (χ0v) is 65.1. The van der Waals surface area contributed by atoms with E-state index < -0.39 is 17.5 Å². The van der Waals surface area contributed by atoms with Crippen LogP contribution in [0.5, 0.6) is 52.9 Å². The SMILES string of the molecule is C=CC(=O)N1CCN(c2nc(OC3CCCC3)nc3c(Oc4c(Cl)c(F)cc5[nH]ncc45)nccc23)CC1.C=CC(=O)N1CCN(c2nc(OCC3CC(=O)N(C)C3)nc3c(Oc4c(Cl)c(F)cc5[nH]ncc45)nccc23)CC1.C=CC(=O)N1CCN(c2nc(O[C@H]3CCOC3)nc3c(Oc4c(Cl)c(F)cc5[nH]ncc45)nccc23)CC1. The number of benzene rings is 3. The van der Waals surface area contributed by atoms with Gasteiger partial charge in [0.1, 0.15) is 78.7 Å². The minimum absolute atomic E-state index is 0.00574. The Morgan fingerprint density at radius 1 is 0.513 bits per heavy atom. The molecule has 0 bridgehead atoms. The van der Waals surface area contributed by atoms with Gasteiger partial charge in [-0.2, -0.15) is 45.2 Å². The first-order valence-corrected chi connectivity index (χ1v) is 38.7. The molecule has 3 aromatic carbocycles. The average molecular weight is 1660 g/mol. The smallest absolute Gasteiger partial charge is 0.319 e. The fourth-order valence-electron chi connectivity index (χ4n) is 14.7. The third kappa shape index (κ3) is 16.4. The topological polar surface area (TPSA) is 358 Å². The van der Waals surface area contributed by atoms with Crippen LogP contribution < -0.4 is 43.1 Å². The van der Waals surface area contributed by atoms with E-state index in [-0.39, 0.29) is 116 Å². The lowest BCUT2D eigenvalue weighted by atomic mass is 10.1. The minimum Gasteiger partial charge on any atom is -0.463 e. The summed E-state index contributed by atoms with van der Waals surface area (Å²) < 4.78 is 85.7. The molecule has 117 heavy (non-hydrogen) atoms. The van der Waals surface area contributed by atoms with E-state index in [1.165, 1.54) is 55.0 Å². The molecule has 5 saturated heterocycles. The van der Waals surface area contributed by atoms with Crippen LogP contribution in [0, 0.1) is 23.4 Å². The van der Waals surface area contributed by atoms with E-state index in [1.807, 2.05) is 4.90 Å². The van der Waals surface area contributed by atoms with E-state index in [9.17, 15) is 32.3 Å². The van der Waals surface area contributed by atoms with Gasteiger partial charge in [-0.25, -0.2) is 28.1 Å². The number of anilines is 3. The van der Waals surface area contributed by atoms with Crippen molar-refractivity contribution < 1.29 is 65.5 Å². The van der Waals surface area contributed by atoms with Crippen LogP contribution in [0.15, 0.2) is 112 Å². The van der Waals surface area contributed by atoms with E-state index in [2.05, 4.69) is 90.0 Å². The number of hydrogen-bond acceptors (Lipinski definition) is 26. The molecule has 2 atom stereocenters. The molecule has 1 unspecified atom stereocenters. The number of pyridine rings is 3. The third-order valence-electron chi connectivity index (χ3n) is 20.8. The number of fused-ring (bicyclic) bond motifs is 6. The van der Waals surface area contributed by atoms with Crippen molar-refractivity contribution in [2.45, 2.75) is 50.7 Å². The Morgan fingerprint density at radius 2 is 0.880 bits per heavy atom. The Kier molecular flexibility index (Phi) is 22.8. The molecule has 33 nitrogen and oxygen atoms in total. The number of ether oxygens (including phenoxy) is 7. The molecule has 6 fully saturated rings. The van der Waals surface area contributed by atoms with Crippen molar-refractivity contribution in [3.63, 3.8) is 0 Å². The lowest BCUT2D eigenvalue weighted by Crippen LogP contribution is -2.48. The van der Waals surface area contributed by atoms with Gasteiger partial charge in [0.05, 0.1) is 87.3 Å². The van der Waals surface area contributed by atoms with Gasteiger partial charge in [0.2, 0.25) is 41.3 Å².